The monoisotopic (exact) mass is 231 g/mol. The van der Waals surface area contributed by atoms with E-state index in [0.717, 1.165) is 0 Å². The molecule has 1 rings (SSSR count). The van der Waals surface area contributed by atoms with Gasteiger partial charge < -0.3 is 10.4 Å². The number of aliphatic hydroxyl groups is 1. The molecule has 0 heterocycles. The van der Waals surface area contributed by atoms with Gasteiger partial charge in [0.05, 0.1) is 17.7 Å². The smallest absolute Gasteiger partial charge is 0.146 e. The van der Waals surface area contributed by atoms with Crippen LogP contribution in [-0.4, -0.2) is 17.8 Å². The fourth-order valence-electron chi connectivity index (χ4n) is 1.43. The summed E-state index contributed by atoms with van der Waals surface area (Å²) in [5, 5.41) is 12.3. The summed E-state index contributed by atoms with van der Waals surface area (Å²) in [4.78, 5) is 0. The molecule has 0 amide bonds. The van der Waals surface area contributed by atoms with Gasteiger partial charge in [-0.25, -0.2) is 4.39 Å². The number of hydrogen-bond acceptors (Lipinski definition) is 2. The fraction of sp³-hybridized carbons (Fsp3) is 0.455. The van der Waals surface area contributed by atoms with Gasteiger partial charge in [0, 0.05) is 11.6 Å². The Balaban J connectivity index is 2.96. The Hall–Kier alpha value is -0.640. The van der Waals surface area contributed by atoms with Crippen molar-refractivity contribution in [2.24, 2.45) is 0 Å². The molecule has 0 fully saturated rings. The van der Waals surface area contributed by atoms with Crippen LogP contribution in [0.4, 0.5) is 4.39 Å². The van der Waals surface area contributed by atoms with Gasteiger partial charge in [0.1, 0.15) is 5.82 Å². The highest BCUT2D eigenvalue weighted by atomic mass is 35.5. The van der Waals surface area contributed by atoms with Crippen molar-refractivity contribution < 1.29 is 9.50 Å². The maximum absolute atomic E-state index is 13.6. The van der Waals surface area contributed by atoms with Gasteiger partial charge in [0.25, 0.3) is 0 Å². The number of benzene rings is 1. The van der Waals surface area contributed by atoms with Crippen LogP contribution >= 0.6 is 11.6 Å². The molecule has 15 heavy (non-hydrogen) atoms. The highest BCUT2D eigenvalue weighted by molar-refractivity contribution is 6.30. The van der Waals surface area contributed by atoms with Gasteiger partial charge in [-0.2, -0.15) is 0 Å². The molecule has 1 aromatic carbocycles. The van der Waals surface area contributed by atoms with Crippen molar-refractivity contribution in [1.29, 1.82) is 0 Å². The van der Waals surface area contributed by atoms with Crippen LogP contribution in [0.25, 0.3) is 0 Å². The van der Waals surface area contributed by atoms with Gasteiger partial charge in [-0.05, 0) is 6.07 Å². The van der Waals surface area contributed by atoms with Crippen LogP contribution in [0.5, 0.6) is 0 Å². The molecule has 0 bridgehead atoms. The van der Waals surface area contributed by atoms with Crippen molar-refractivity contribution in [3.8, 4) is 0 Å². The molecular formula is C11H15ClFNO. The molecule has 84 valence electrons. The van der Waals surface area contributed by atoms with Crippen LogP contribution in [0.3, 0.4) is 0 Å². The predicted molar refractivity (Wildman–Crippen MR) is 59.5 cm³/mol. The van der Waals surface area contributed by atoms with Crippen molar-refractivity contribution in [3.63, 3.8) is 0 Å². The lowest BCUT2D eigenvalue weighted by atomic mass is 10.1. The van der Waals surface area contributed by atoms with E-state index >= 15 is 0 Å². The normalized spacial score (nSPS) is 13.2. The second kappa shape index (κ2) is 5.45. The van der Waals surface area contributed by atoms with E-state index < -0.39 is 11.9 Å². The summed E-state index contributed by atoms with van der Waals surface area (Å²) in [5.41, 5.74) is 0.402. The summed E-state index contributed by atoms with van der Waals surface area (Å²) in [7, 11) is 0. The molecule has 4 heteroatoms. The minimum atomic E-state index is -0.466. The Morgan fingerprint density at radius 2 is 2.13 bits per heavy atom. The highest BCUT2D eigenvalue weighted by Gasteiger charge is 2.16. The first kappa shape index (κ1) is 12.4. The third kappa shape index (κ3) is 3.16. The Kier molecular flexibility index (Phi) is 4.51. The molecule has 0 radical (unpaired) electrons. The molecule has 0 aliphatic rings. The van der Waals surface area contributed by atoms with Crippen molar-refractivity contribution in [1.82, 2.24) is 5.32 Å². The Morgan fingerprint density at radius 1 is 1.47 bits per heavy atom. The largest absolute Gasteiger partial charge is 0.394 e. The summed E-state index contributed by atoms with van der Waals surface area (Å²) < 4.78 is 13.6. The van der Waals surface area contributed by atoms with Crippen molar-refractivity contribution >= 4 is 11.6 Å². The highest BCUT2D eigenvalue weighted by Crippen LogP contribution is 2.23. The lowest BCUT2D eigenvalue weighted by Crippen LogP contribution is -2.31. The average Bonchev–Trinajstić information content (AvgIpc) is 2.19. The number of rotatable bonds is 4. The van der Waals surface area contributed by atoms with Gasteiger partial charge in [-0.15, -0.1) is 0 Å². The second-order valence-electron chi connectivity index (χ2n) is 3.70. The van der Waals surface area contributed by atoms with E-state index in [0.29, 0.717) is 5.56 Å². The summed E-state index contributed by atoms with van der Waals surface area (Å²) >= 11 is 5.67. The van der Waals surface area contributed by atoms with E-state index in [1.807, 2.05) is 13.8 Å². The molecule has 0 aliphatic carbocycles. The SMILES string of the molecule is CC(C)NC(CO)c1cccc(Cl)c1F. The topological polar surface area (TPSA) is 32.3 Å². The molecule has 0 saturated carbocycles. The standard InChI is InChI=1S/C11H15ClFNO/c1-7(2)14-10(6-15)8-4-3-5-9(12)11(8)13/h3-5,7,10,14-15H,6H2,1-2H3. The molecule has 1 unspecified atom stereocenters. The van der Waals surface area contributed by atoms with Crippen LogP contribution < -0.4 is 5.32 Å². The zero-order chi connectivity index (χ0) is 11.4. The third-order valence-corrected chi connectivity index (χ3v) is 2.37. The van der Waals surface area contributed by atoms with Gasteiger partial charge in [-0.3, -0.25) is 0 Å². The van der Waals surface area contributed by atoms with E-state index in [-0.39, 0.29) is 17.7 Å². The van der Waals surface area contributed by atoms with E-state index in [9.17, 15) is 9.50 Å². The summed E-state index contributed by atoms with van der Waals surface area (Å²) in [5.74, 6) is -0.466. The van der Waals surface area contributed by atoms with Gasteiger partial charge in [0.15, 0.2) is 0 Å². The maximum atomic E-state index is 13.6. The van der Waals surface area contributed by atoms with Crippen LogP contribution in [0.1, 0.15) is 25.5 Å². The van der Waals surface area contributed by atoms with Gasteiger partial charge in [-0.1, -0.05) is 37.6 Å². The summed E-state index contributed by atoms with van der Waals surface area (Å²) in [6.07, 6.45) is 0. The summed E-state index contributed by atoms with van der Waals surface area (Å²) in [6.45, 7) is 3.71. The predicted octanol–water partition coefficient (Wildman–Crippen LogP) is 2.51. The first-order chi connectivity index (χ1) is 7.06. The first-order valence-corrected chi connectivity index (χ1v) is 5.25. The minimum absolute atomic E-state index is 0.0801. The number of aliphatic hydroxyl groups excluding tert-OH is 1. The van der Waals surface area contributed by atoms with E-state index in [1.54, 1.807) is 12.1 Å². The van der Waals surface area contributed by atoms with Gasteiger partial charge >= 0.3 is 0 Å². The average molecular weight is 232 g/mol. The summed E-state index contributed by atoms with van der Waals surface area (Å²) in [6, 6.07) is 4.54. The molecule has 2 nitrogen and oxygen atoms in total. The third-order valence-electron chi connectivity index (χ3n) is 2.07. The van der Waals surface area contributed by atoms with E-state index in [1.165, 1.54) is 6.07 Å². The van der Waals surface area contributed by atoms with E-state index in [4.69, 9.17) is 11.6 Å². The van der Waals surface area contributed by atoms with Crippen molar-refractivity contribution in [3.05, 3.63) is 34.6 Å². The molecule has 0 aliphatic heterocycles. The molecule has 1 atom stereocenters. The van der Waals surface area contributed by atoms with Crippen LogP contribution in [0, 0.1) is 5.82 Å². The molecule has 0 aromatic heterocycles. The van der Waals surface area contributed by atoms with Crippen LogP contribution in [-0.2, 0) is 0 Å². The van der Waals surface area contributed by atoms with E-state index in [2.05, 4.69) is 5.32 Å². The molecular weight excluding hydrogens is 217 g/mol. The maximum Gasteiger partial charge on any atom is 0.146 e. The quantitative estimate of drug-likeness (QED) is 0.835. The van der Waals surface area contributed by atoms with Crippen molar-refractivity contribution in [2.45, 2.75) is 25.9 Å². The lowest BCUT2D eigenvalue weighted by molar-refractivity contribution is 0.234. The first-order valence-electron chi connectivity index (χ1n) is 4.87. The Labute approximate surface area is 94.1 Å². The molecule has 2 N–H and O–H groups in total. The number of halogens is 2. The van der Waals surface area contributed by atoms with Crippen LogP contribution in [0.2, 0.25) is 5.02 Å². The lowest BCUT2D eigenvalue weighted by Gasteiger charge is -2.20. The second-order valence-corrected chi connectivity index (χ2v) is 4.11. The molecule has 1 aromatic rings. The number of nitrogens with one attached hydrogen (secondary N) is 1. The Bertz CT molecular complexity index is 330. The zero-order valence-electron chi connectivity index (χ0n) is 8.80. The zero-order valence-corrected chi connectivity index (χ0v) is 9.55. The fourth-order valence-corrected chi connectivity index (χ4v) is 1.61. The van der Waals surface area contributed by atoms with Crippen LogP contribution in [0.15, 0.2) is 18.2 Å². The minimum Gasteiger partial charge on any atom is -0.394 e. The number of hydrogen-bond donors (Lipinski definition) is 2. The van der Waals surface area contributed by atoms with Crippen molar-refractivity contribution in [2.75, 3.05) is 6.61 Å². The molecule has 0 saturated heterocycles. The van der Waals surface area contributed by atoms with Gasteiger partial charge in [0.2, 0.25) is 0 Å². The Morgan fingerprint density at radius 3 is 2.67 bits per heavy atom. The molecule has 0 spiro atoms.